The van der Waals surface area contributed by atoms with Gasteiger partial charge in [0.2, 0.25) is 11.8 Å². The highest BCUT2D eigenvalue weighted by Crippen LogP contribution is 2.04. The van der Waals surface area contributed by atoms with Crippen molar-refractivity contribution in [3.63, 3.8) is 0 Å². The van der Waals surface area contributed by atoms with Gasteiger partial charge in [0.15, 0.2) is 0 Å². The molecule has 0 aliphatic rings. The third kappa shape index (κ3) is 7.28. The van der Waals surface area contributed by atoms with Gasteiger partial charge in [0.05, 0.1) is 13.0 Å². The smallest absolute Gasteiger partial charge is 0.326 e. The first-order chi connectivity index (χ1) is 9.68. The monoisotopic (exact) mass is 302 g/mol. The third-order valence-corrected chi connectivity index (χ3v) is 2.60. The minimum Gasteiger partial charge on any atom is -0.480 e. The number of rotatable bonds is 8. The molecule has 0 aromatic rings. The number of carboxylic acids is 1. The molecule has 0 fully saturated rings. The van der Waals surface area contributed by atoms with Crippen molar-refractivity contribution in [2.45, 2.75) is 46.2 Å². The summed E-state index contributed by atoms with van der Waals surface area (Å²) in [5, 5.41) is 13.7. The third-order valence-electron chi connectivity index (χ3n) is 2.60. The molecule has 0 aliphatic carbocycles. The molecule has 0 aromatic heterocycles. The number of aliphatic carboxylic acids is 1. The zero-order valence-electron chi connectivity index (χ0n) is 12.6. The normalized spacial score (nSPS) is 13.2. The summed E-state index contributed by atoms with van der Waals surface area (Å²) in [5.74, 6) is -3.35. The van der Waals surface area contributed by atoms with Crippen molar-refractivity contribution >= 4 is 23.8 Å². The van der Waals surface area contributed by atoms with Crippen LogP contribution in [0.25, 0.3) is 0 Å². The van der Waals surface area contributed by atoms with Crippen molar-refractivity contribution in [1.82, 2.24) is 10.6 Å². The van der Waals surface area contributed by atoms with E-state index in [1.807, 2.05) is 0 Å². The predicted octanol–water partition coefficient (Wildman–Crippen LogP) is -0.330. The van der Waals surface area contributed by atoms with E-state index in [1.54, 1.807) is 20.8 Å². The summed E-state index contributed by atoms with van der Waals surface area (Å²) in [7, 11) is 0. The van der Waals surface area contributed by atoms with Crippen LogP contribution < -0.4 is 10.6 Å². The standard InChI is InChI=1S/C13H22N2O6/c1-5-21-10(17)6-9(13(19)20)15-12(18)11(7(2)3)14-8(4)16/h7,9,11H,5-6H2,1-4H3,(H,14,16)(H,15,18)(H,19,20)/t9-,11-/m1/s1. The van der Waals surface area contributed by atoms with E-state index in [9.17, 15) is 19.2 Å². The van der Waals surface area contributed by atoms with Gasteiger partial charge in [0, 0.05) is 6.92 Å². The first kappa shape index (κ1) is 18.9. The van der Waals surface area contributed by atoms with Crippen molar-refractivity contribution in [2.75, 3.05) is 6.61 Å². The SMILES string of the molecule is CCOC(=O)C[C@@H](NC(=O)[C@H](NC(C)=O)C(C)C)C(=O)O. The molecule has 0 rings (SSSR count). The van der Waals surface area contributed by atoms with E-state index in [1.165, 1.54) is 6.92 Å². The Morgan fingerprint density at radius 1 is 1.14 bits per heavy atom. The van der Waals surface area contributed by atoms with Gasteiger partial charge in [-0.05, 0) is 12.8 Å². The second kappa shape index (κ2) is 8.93. The van der Waals surface area contributed by atoms with Gasteiger partial charge < -0.3 is 20.5 Å². The molecule has 8 nitrogen and oxygen atoms in total. The van der Waals surface area contributed by atoms with Crippen molar-refractivity contribution < 1.29 is 29.0 Å². The van der Waals surface area contributed by atoms with Crippen molar-refractivity contribution in [3.05, 3.63) is 0 Å². The number of carboxylic acid groups (broad SMARTS) is 1. The zero-order valence-corrected chi connectivity index (χ0v) is 12.6. The molecule has 0 spiro atoms. The lowest BCUT2D eigenvalue weighted by molar-refractivity contribution is -0.150. The second-order valence-corrected chi connectivity index (χ2v) is 4.83. The van der Waals surface area contributed by atoms with Crippen LogP contribution in [-0.2, 0) is 23.9 Å². The highest BCUT2D eigenvalue weighted by molar-refractivity contribution is 5.91. The molecule has 2 amide bonds. The van der Waals surface area contributed by atoms with Gasteiger partial charge in [-0.1, -0.05) is 13.8 Å². The van der Waals surface area contributed by atoms with E-state index in [4.69, 9.17) is 5.11 Å². The van der Waals surface area contributed by atoms with E-state index in [2.05, 4.69) is 15.4 Å². The van der Waals surface area contributed by atoms with Gasteiger partial charge >= 0.3 is 11.9 Å². The average Bonchev–Trinajstić information content (AvgIpc) is 2.34. The van der Waals surface area contributed by atoms with Crippen LogP contribution in [-0.4, -0.2) is 47.6 Å². The maximum Gasteiger partial charge on any atom is 0.326 e. The Balaban J connectivity index is 4.82. The molecule has 0 saturated carbocycles. The van der Waals surface area contributed by atoms with Crippen LogP contribution >= 0.6 is 0 Å². The number of hydrogen-bond donors (Lipinski definition) is 3. The maximum atomic E-state index is 12.0. The molecule has 0 bridgehead atoms. The van der Waals surface area contributed by atoms with E-state index < -0.39 is 42.3 Å². The molecule has 0 aliphatic heterocycles. The molecule has 8 heteroatoms. The fourth-order valence-electron chi connectivity index (χ4n) is 1.60. The quantitative estimate of drug-likeness (QED) is 0.528. The lowest BCUT2D eigenvalue weighted by Gasteiger charge is -2.23. The number of ether oxygens (including phenoxy) is 1. The number of carbonyl (C=O) groups excluding carboxylic acids is 3. The highest BCUT2D eigenvalue weighted by atomic mass is 16.5. The average molecular weight is 302 g/mol. The lowest BCUT2D eigenvalue weighted by atomic mass is 10.0. The summed E-state index contributed by atoms with van der Waals surface area (Å²) in [6.07, 6.45) is -0.472. The Morgan fingerprint density at radius 2 is 1.71 bits per heavy atom. The van der Waals surface area contributed by atoms with Gasteiger partial charge in [0.1, 0.15) is 12.1 Å². The molecule has 0 saturated heterocycles. The summed E-state index contributed by atoms with van der Waals surface area (Å²) < 4.78 is 4.65. The Kier molecular flexibility index (Phi) is 8.03. The maximum absolute atomic E-state index is 12.0. The minimum atomic E-state index is -1.40. The lowest BCUT2D eigenvalue weighted by Crippen LogP contribution is -2.53. The van der Waals surface area contributed by atoms with E-state index in [0.29, 0.717) is 0 Å². The fraction of sp³-hybridized carbons (Fsp3) is 0.692. The Morgan fingerprint density at radius 3 is 2.10 bits per heavy atom. The Bertz CT molecular complexity index is 407. The van der Waals surface area contributed by atoms with Crippen LogP contribution in [0, 0.1) is 5.92 Å². The van der Waals surface area contributed by atoms with Crippen LogP contribution in [0.2, 0.25) is 0 Å². The van der Waals surface area contributed by atoms with Gasteiger partial charge in [-0.25, -0.2) is 4.79 Å². The van der Waals surface area contributed by atoms with Crippen LogP contribution in [0.3, 0.4) is 0 Å². The summed E-state index contributed by atoms with van der Waals surface area (Å²) >= 11 is 0. The van der Waals surface area contributed by atoms with Crippen LogP contribution in [0.4, 0.5) is 0 Å². The van der Waals surface area contributed by atoms with E-state index in [0.717, 1.165) is 0 Å². The van der Waals surface area contributed by atoms with Crippen LogP contribution in [0.1, 0.15) is 34.1 Å². The number of hydrogen-bond acceptors (Lipinski definition) is 5. The molecule has 0 unspecified atom stereocenters. The molecule has 0 heterocycles. The molecular formula is C13H22N2O6. The van der Waals surface area contributed by atoms with Crippen molar-refractivity contribution in [2.24, 2.45) is 5.92 Å². The number of amides is 2. The first-order valence-corrected chi connectivity index (χ1v) is 6.64. The van der Waals surface area contributed by atoms with Crippen molar-refractivity contribution in [1.29, 1.82) is 0 Å². The molecule has 0 radical (unpaired) electrons. The molecule has 21 heavy (non-hydrogen) atoms. The summed E-state index contributed by atoms with van der Waals surface area (Å²) in [4.78, 5) is 45.5. The summed E-state index contributed by atoms with van der Waals surface area (Å²) in [6.45, 7) is 6.40. The number of nitrogens with one attached hydrogen (secondary N) is 2. The molecule has 120 valence electrons. The number of esters is 1. The first-order valence-electron chi connectivity index (χ1n) is 6.64. The second-order valence-electron chi connectivity index (χ2n) is 4.83. The van der Waals surface area contributed by atoms with Gasteiger partial charge in [0.25, 0.3) is 0 Å². The Hall–Kier alpha value is -2.12. The zero-order chi connectivity index (χ0) is 16.6. The predicted molar refractivity (Wildman–Crippen MR) is 73.3 cm³/mol. The van der Waals surface area contributed by atoms with E-state index >= 15 is 0 Å². The Labute approximate surface area is 123 Å². The largest absolute Gasteiger partial charge is 0.480 e. The van der Waals surface area contributed by atoms with Gasteiger partial charge in [-0.3, -0.25) is 14.4 Å². The van der Waals surface area contributed by atoms with Gasteiger partial charge in [-0.15, -0.1) is 0 Å². The topological polar surface area (TPSA) is 122 Å². The van der Waals surface area contributed by atoms with E-state index in [-0.39, 0.29) is 12.5 Å². The molecule has 0 aromatic carbocycles. The minimum absolute atomic E-state index is 0.125. The number of carbonyl (C=O) groups is 4. The molecule has 3 N–H and O–H groups in total. The molecule has 2 atom stereocenters. The van der Waals surface area contributed by atoms with Gasteiger partial charge in [-0.2, -0.15) is 0 Å². The summed E-state index contributed by atoms with van der Waals surface area (Å²) in [6, 6.07) is -2.27. The van der Waals surface area contributed by atoms with Crippen LogP contribution in [0.15, 0.2) is 0 Å². The summed E-state index contributed by atoms with van der Waals surface area (Å²) in [5.41, 5.74) is 0. The molecular weight excluding hydrogens is 280 g/mol. The van der Waals surface area contributed by atoms with Crippen molar-refractivity contribution in [3.8, 4) is 0 Å². The van der Waals surface area contributed by atoms with Crippen LogP contribution in [0.5, 0.6) is 0 Å². The highest BCUT2D eigenvalue weighted by Gasteiger charge is 2.29. The fourth-order valence-corrected chi connectivity index (χ4v) is 1.60.